The highest BCUT2D eigenvalue weighted by Gasteiger charge is 2.40. The van der Waals surface area contributed by atoms with Crippen LogP contribution < -0.4 is 5.32 Å². The first-order valence-corrected chi connectivity index (χ1v) is 6.46. The van der Waals surface area contributed by atoms with Gasteiger partial charge in [-0.3, -0.25) is 4.79 Å². The van der Waals surface area contributed by atoms with Crippen molar-refractivity contribution in [3.8, 4) is 0 Å². The maximum atomic E-state index is 11.7. The summed E-state index contributed by atoms with van der Waals surface area (Å²) >= 11 is 17.4. The SMILES string of the molecule is CCC(CC)C(=O)N[C@@H](O)C(Cl)(Cl)[C@@H](C)Cl. The van der Waals surface area contributed by atoms with Crippen LogP contribution in [0.25, 0.3) is 0 Å². The lowest BCUT2D eigenvalue weighted by Crippen LogP contribution is -2.51. The van der Waals surface area contributed by atoms with Gasteiger partial charge in [-0.05, 0) is 19.8 Å². The number of halogens is 3. The van der Waals surface area contributed by atoms with Crippen LogP contribution in [0, 0.1) is 5.92 Å². The van der Waals surface area contributed by atoms with Crippen molar-refractivity contribution in [1.82, 2.24) is 5.32 Å². The maximum Gasteiger partial charge on any atom is 0.225 e. The number of amides is 1. The Morgan fingerprint density at radius 3 is 2.12 bits per heavy atom. The van der Waals surface area contributed by atoms with Gasteiger partial charge in [-0.1, -0.05) is 37.0 Å². The quantitative estimate of drug-likeness (QED) is 0.584. The molecule has 0 aromatic rings. The molecule has 16 heavy (non-hydrogen) atoms. The summed E-state index contributed by atoms with van der Waals surface area (Å²) < 4.78 is -1.59. The average Bonchev–Trinajstić information content (AvgIpc) is 2.18. The lowest BCUT2D eigenvalue weighted by Gasteiger charge is -2.29. The van der Waals surface area contributed by atoms with E-state index in [0.29, 0.717) is 12.8 Å². The van der Waals surface area contributed by atoms with Gasteiger partial charge in [0.25, 0.3) is 0 Å². The molecule has 0 radical (unpaired) electrons. The Morgan fingerprint density at radius 1 is 1.38 bits per heavy atom. The van der Waals surface area contributed by atoms with Crippen LogP contribution in [-0.4, -0.2) is 27.0 Å². The average molecular weight is 291 g/mol. The molecule has 0 rings (SSSR count). The van der Waals surface area contributed by atoms with Gasteiger partial charge in [0, 0.05) is 5.92 Å². The normalized spacial score (nSPS) is 16.0. The summed E-state index contributed by atoms with van der Waals surface area (Å²) in [6.45, 7) is 5.35. The molecule has 0 aliphatic rings. The Labute approximate surface area is 111 Å². The van der Waals surface area contributed by atoms with Crippen molar-refractivity contribution in [3.63, 3.8) is 0 Å². The third-order valence-corrected chi connectivity index (χ3v) is 4.17. The van der Waals surface area contributed by atoms with Gasteiger partial charge in [-0.2, -0.15) is 0 Å². The van der Waals surface area contributed by atoms with E-state index in [1.165, 1.54) is 0 Å². The second kappa shape index (κ2) is 6.90. The Bertz CT molecular complexity index is 230. The smallest absolute Gasteiger partial charge is 0.225 e. The van der Waals surface area contributed by atoms with E-state index in [9.17, 15) is 9.90 Å². The predicted molar refractivity (Wildman–Crippen MR) is 68.0 cm³/mol. The van der Waals surface area contributed by atoms with Gasteiger partial charge in [0.05, 0.1) is 5.38 Å². The maximum absolute atomic E-state index is 11.7. The fourth-order valence-electron chi connectivity index (χ4n) is 1.23. The summed E-state index contributed by atoms with van der Waals surface area (Å²) in [5.74, 6) is -0.412. The highest BCUT2D eigenvalue weighted by atomic mass is 35.5. The first kappa shape index (κ1) is 16.3. The van der Waals surface area contributed by atoms with E-state index >= 15 is 0 Å². The molecule has 0 aromatic carbocycles. The van der Waals surface area contributed by atoms with E-state index in [4.69, 9.17) is 34.8 Å². The van der Waals surface area contributed by atoms with Crippen molar-refractivity contribution >= 4 is 40.7 Å². The molecule has 0 saturated carbocycles. The number of aliphatic hydroxyl groups excluding tert-OH is 1. The summed E-state index contributed by atoms with van der Waals surface area (Å²) in [5, 5.41) is 11.4. The Kier molecular flexibility index (Phi) is 7.03. The van der Waals surface area contributed by atoms with Crippen LogP contribution in [0.2, 0.25) is 0 Å². The van der Waals surface area contributed by atoms with Crippen LogP contribution in [0.15, 0.2) is 0 Å². The zero-order chi connectivity index (χ0) is 12.9. The number of rotatable bonds is 6. The molecule has 0 aliphatic heterocycles. The third-order valence-electron chi connectivity index (χ3n) is 2.53. The minimum Gasteiger partial charge on any atom is -0.370 e. The van der Waals surface area contributed by atoms with Crippen LogP contribution in [0.5, 0.6) is 0 Å². The molecular formula is C10H18Cl3NO2. The Balaban J connectivity index is 4.45. The fraction of sp³-hybridized carbons (Fsp3) is 0.900. The van der Waals surface area contributed by atoms with E-state index < -0.39 is 15.9 Å². The molecule has 0 saturated heterocycles. The second-order valence-electron chi connectivity index (χ2n) is 3.72. The van der Waals surface area contributed by atoms with Crippen LogP contribution >= 0.6 is 34.8 Å². The van der Waals surface area contributed by atoms with Gasteiger partial charge in [0.1, 0.15) is 0 Å². The third kappa shape index (κ3) is 4.28. The zero-order valence-corrected chi connectivity index (χ0v) is 11.9. The number of hydrogen-bond donors (Lipinski definition) is 2. The van der Waals surface area contributed by atoms with E-state index in [1.54, 1.807) is 6.92 Å². The molecule has 1 amide bonds. The minimum absolute atomic E-state index is 0.149. The molecule has 0 aliphatic carbocycles. The summed E-state index contributed by atoms with van der Waals surface area (Å²) in [6.07, 6.45) is 0.0166. The Hall–Kier alpha value is 0.300. The van der Waals surface area contributed by atoms with E-state index in [1.807, 2.05) is 13.8 Å². The summed E-state index contributed by atoms with van der Waals surface area (Å²) in [5.41, 5.74) is 0. The highest BCUT2D eigenvalue weighted by molar-refractivity contribution is 6.52. The molecule has 2 atom stereocenters. The van der Waals surface area contributed by atoms with E-state index in [2.05, 4.69) is 5.32 Å². The van der Waals surface area contributed by atoms with Gasteiger partial charge in [0.15, 0.2) is 10.6 Å². The molecule has 6 heteroatoms. The molecule has 0 aromatic heterocycles. The van der Waals surface area contributed by atoms with Crippen molar-refractivity contribution in [1.29, 1.82) is 0 Å². The van der Waals surface area contributed by atoms with Crippen molar-refractivity contribution in [3.05, 3.63) is 0 Å². The van der Waals surface area contributed by atoms with E-state index in [0.717, 1.165) is 0 Å². The van der Waals surface area contributed by atoms with Crippen molar-refractivity contribution in [2.75, 3.05) is 0 Å². The largest absolute Gasteiger partial charge is 0.370 e. The van der Waals surface area contributed by atoms with Crippen molar-refractivity contribution in [2.24, 2.45) is 5.92 Å². The van der Waals surface area contributed by atoms with Crippen molar-refractivity contribution in [2.45, 2.75) is 49.6 Å². The molecule has 96 valence electrons. The monoisotopic (exact) mass is 289 g/mol. The van der Waals surface area contributed by atoms with Gasteiger partial charge >= 0.3 is 0 Å². The first-order chi connectivity index (χ1) is 7.27. The summed E-state index contributed by atoms with van der Waals surface area (Å²) in [4.78, 5) is 11.7. The summed E-state index contributed by atoms with van der Waals surface area (Å²) in [6, 6.07) is 0. The predicted octanol–water partition coefficient (Wildman–Crippen LogP) is 2.66. The van der Waals surface area contributed by atoms with Crippen molar-refractivity contribution < 1.29 is 9.90 Å². The molecule has 0 unspecified atom stereocenters. The van der Waals surface area contributed by atoms with Crippen LogP contribution in [0.3, 0.4) is 0 Å². The molecule has 0 fully saturated rings. The lowest BCUT2D eigenvalue weighted by molar-refractivity contribution is -0.128. The second-order valence-corrected chi connectivity index (χ2v) is 5.81. The zero-order valence-electron chi connectivity index (χ0n) is 9.64. The topological polar surface area (TPSA) is 49.3 Å². The highest BCUT2D eigenvalue weighted by Crippen LogP contribution is 2.32. The van der Waals surface area contributed by atoms with Crippen LogP contribution in [0.1, 0.15) is 33.6 Å². The number of nitrogens with one attached hydrogen (secondary N) is 1. The van der Waals surface area contributed by atoms with Gasteiger partial charge in [0.2, 0.25) is 5.91 Å². The van der Waals surface area contributed by atoms with Gasteiger partial charge in [-0.15, -0.1) is 11.6 Å². The number of carbonyl (C=O) groups is 1. The molecule has 0 bridgehead atoms. The Morgan fingerprint density at radius 2 is 1.81 bits per heavy atom. The molecular weight excluding hydrogens is 272 g/mol. The number of carbonyl (C=O) groups excluding carboxylic acids is 1. The molecule has 2 N–H and O–H groups in total. The van der Waals surface area contributed by atoms with Gasteiger partial charge < -0.3 is 10.4 Å². The van der Waals surface area contributed by atoms with E-state index in [-0.39, 0.29) is 11.8 Å². The lowest BCUT2D eigenvalue weighted by atomic mass is 10.0. The fourth-order valence-corrected chi connectivity index (χ4v) is 1.45. The molecule has 0 heterocycles. The molecule has 0 spiro atoms. The van der Waals surface area contributed by atoms with Crippen LogP contribution in [-0.2, 0) is 4.79 Å². The number of alkyl halides is 3. The summed E-state index contributed by atoms with van der Waals surface area (Å²) in [7, 11) is 0. The van der Waals surface area contributed by atoms with Gasteiger partial charge in [-0.25, -0.2) is 0 Å². The number of hydrogen-bond acceptors (Lipinski definition) is 2. The minimum atomic E-state index is -1.59. The first-order valence-electron chi connectivity index (χ1n) is 5.27. The standard InChI is InChI=1S/C10H18Cl3NO2/c1-4-7(5-2)8(15)14-9(16)10(12,13)6(3)11/h6-7,9,16H,4-5H2,1-3H3,(H,14,15)/t6-,9+/m1/s1. The molecule has 3 nitrogen and oxygen atoms in total. The van der Waals surface area contributed by atoms with Crippen LogP contribution in [0.4, 0.5) is 0 Å². The number of aliphatic hydroxyl groups is 1.